The van der Waals surface area contributed by atoms with Crippen molar-refractivity contribution in [3.8, 4) is 6.07 Å². The van der Waals surface area contributed by atoms with Crippen molar-refractivity contribution in [1.29, 1.82) is 5.26 Å². The standard InChI is InChI=1S/C22H25N5O4S/c1-22(2,3)32(29,30)16-6-4-15(5-7-16)25-20-19-17(8-10-24-21(19)28)27(26-20)18-13-31-11-9-14(18)12-23/h4-8,10,14,18H,9,11,13H2,1-3H3,(H,24,28)(H,25,26)/t14?,18-/m0/s1. The highest BCUT2D eigenvalue weighted by Crippen LogP contribution is 2.32. The number of rotatable bonds is 4. The van der Waals surface area contributed by atoms with Crippen LogP contribution in [-0.2, 0) is 14.6 Å². The van der Waals surface area contributed by atoms with Gasteiger partial charge in [0.15, 0.2) is 15.7 Å². The van der Waals surface area contributed by atoms with Gasteiger partial charge in [-0.05, 0) is 57.5 Å². The fourth-order valence-corrected chi connectivity index (χ4v) is 4.96. The summed E-state index contributed by atoms with van der Waals surface area (Å²) in [7, 11) is -3.47. The number of pyridine rings is 1. The van der Waals surface area contributed by atoms with E-state index >= 15 is 0 Å². The summed E-state index contributed by atoms with van der Waals surface area (Å²) in [6, 6.07) is 10.1. The lowest BCUT2D eigenvalue weighted by Crippen LogP contribution is -2.30. The van der Waals surface area contributed by atoms with Gasteiger partial charge in [-0.1, -0.05) is 0 Å². The molecule has 2 atom stereocenters. The van der Waals surface area contributed by atoms with Crippen molar-refractivity contribution in [2.24, 2.45) is 5.92 Å². The van der Waals surface area contributed by atoms with Crippen LogP contribution in [0.1, 0.15) is 33.2 Å². The second-order valence-corrected chi connectivity index (χ2v) is 11.5. The largest absolute Gasteiger partial charge is 0.379 e. The SMILES string of the molecule is CC(C)(C)S(=O)(=O)c1ccc(Nc2nn([C@H]3COCCC3C#N)c3cc[nH]c(=O)c23)cc1. The van der Waals surface area contributed by atoms with Gasteiger partial charge in [-0.25, -0.2) is 8.42 Å². The van der Waals surface area contributed by atoms with E-state index in [4.69, 9.17) is 4.74 Å². The van der Waals surface area contributed by atoms with Crippen LogP contribution in [0.15, 0.2) is 46.2 Å². The van der Waals surface area contributed by atoms with E-state index in [9.17, 15) is 18.5 Å². The van der Waals surface area contributed by atoms with Crippen LogP contribution in [0.2, 0.25) is 0 Å². The van der Waals surface area contributed by atoms with E-state index < -0.39 is 14.6 Å². The zero-order valence-electron chi connectivity index (χ0n) is 18.1. The molecule has 0 radical (unpaired) electrons. The molecular formula is C22H25N5O4S. The Morgan fingerprint density at radius 3 is 2.62 bits per heavy atom. The Morgan fingerprint density at radius 2 is 1.97 bits per heavy atom. The number of fused-ring (bicyclic) bond motifs is 1. The monoisotopic (exact) mass is 455 g/mol. The molecule has 168 valence electrons. The van der Waals surface area contributed by atoms with Gasteiger partial charge in [-0.3, -0.25) is 9.48 Å². The number of aromatic nitrogens is 3. The van der Waals surface area contributed by atoms with E-state index in [0.29, 0.717) is 42.0 Å². The van der Waals surface area contributed by atoms with Gasteiger partial charge in [-0.2, -0.15) is 10.4 Å². The number of hydrogen-bond acceptors (Lipinski definition) is 7. The lowest BCUT2D eigenvalue weighted by molar-refractivity contribution is 0.0359. The van der Waals surface area contributed by atoms with Crippen LogP contribution in [0, 0.1) is 17.2 Å². The fraction of sp³-hybridized carbons (Fsp3) is 0.409. The molecule has 1 aliphatic heterocycles. The van der Waals surface area contributed by atoms with Crippen LogP contribution in [0.25, 0.3) is 10.9 Å². The molecule has 1 unspecified atom stereocenters. The molecule has 0 spiro atoms. The molecule has 0 bridgehead atoms. The molecule has 2 N–H and O–H groups in total. The molecule has 0 saturated carbocycles. The van der Waals surface area contributed by atoms with Crippen molar-refractivity contribution < 1.29 is 13.2 Å². The second kappa shape index (κ2) is 8.07. The van der Waals surface area contributed by atoms with Crippen LogP contribution >= 0.6 is 0 Å². The Balaban J connectivity index is 1.73. The number of ether oxygens (including phenoxy) is 1. The number of nitrogens with zero attached hydrogens (tertiary/aromatic N) is 3. The van der Waals surface area contributed by atoms with E-state index in [1.807, 2.05) is 0 Å². The molecule has 1 aliphatic rings. The van der Waals surface area contributed by atoms with Gasteiger partial charge in [-0.15, -0.1) is 0 Å². The Hall–Kier alpha value is -3.16. The Bertz CT molecular complexity index is 1340. The minimum absolute atomic E-state index is 0.222. The summed E-state index contributed by atoms with van der Waals surface area (Å²) in [6.07, 6.45) is 2.14. The average molecular weight is 456 g/mol. The first-order chi connectivity index (χ1) is 15.1. The predicted molar refractivity (Wildman–Crippen MR) is 121 cm³/mol. The second-order valence-electron chi connectivity index (χ2n) is 8.79. The molecule has 0 amide bonds. The third-order valence-corrected chi connectivity index (χ3v) is 8.18. The van der Waals surface area contributed by atoms with Gasteiger partial charge in [0.25, 0.3) is 5.56 Å². The Labute approximate surface area is 185 Å². The highest BCUT2D eigenvalue weighted by Gasteiger charge is 2.32. The van der Waals surface area contributed by atoms with Crippen molar-refractivity contribution >= 4 is 32.2 Å². The maximum Gasteiger partial charge on any atom is 0.261 e. The third kappa shape index (κ3) is 3.78. The molecule has 3 heterocycles. The van der Waals surface area contributed by atoms with Crippen molar-refractivity contribution in [1.82, 2.24) is 14.8 Å². The summed E-state index contributed by atoms with van der Waals surface area (Å²) in [6.45, 7) is 5.82. The van der Waals surface area contributed by atoms with Gasteiger partial charge in [0.2, 0.25) is 0 Å². The predicted octanol–water partition coefficient (Wildman–Crippen LogP) is 3.14. The number of nitriles is 1. The number of sulfone groups is 1. The molecule has 32 heavy (non-hydrogen) atoms. The van der Waals surface area contributed by atoms with E-state index in [1.165, 1.54) is 12.1 Å². The normalized spacial score (nSPS) is 19.6. The maximum absolute atomic E-state index is 12.7. The molecule has 3 aromatic rings. The number of anilines is 2. The zero-order valence-corrected chi connectivity index (χ0v) is 18.9. The van der Waals surface area contributed by atoms with E-state index in [1.54, 1.807) is 49.8 Å². The van der Waals surface area contributed by atoms with Gasteiger partial charge in [0.1, 0.15) is 5.39 Å². The average Bonchev–Trinajstić information content (AvgIpc) is 3.12. The van der Waals surface area contributed by atoms with Crippen LogP contribution < -0.4 is 10.9 Å². The van der Waals surface area contributed by atoms with Gasteiger partial charge >= 0.3 is 0 Å². The zero-order chi connectivity index (χ0) is 23.1. The van der Waals surface area contributed by atoms with Crippen LogP contribution in [0.5, 0.6) is 0 Å². The van der Waals surface area contributed by atoms with Crippen LogP contribution in [0.4, 0.5) is 11.5 Å². The van der Waals surface area contributed by atoms with Gasteiger partial charge < -0.3 is 15.0 Å². The molecule has 9 nitrogen and oxygen atoms in total. The number of hydrogen-bond donors (Lipinski definition) is 2. The summed E-state index contributed by atoms with van der Waals surface area (Å²) in [4.78, 5) is 15.5. The van der Waals surface area contributed by atoms with E-state index in [-0.39, 0.29) is 22.4 Å². The molecule has 1 saturated heterocycles. The topological polar surface area (TPSA) is 130 Å². The van der Waals surface area contributed by atoms with Gasteiger partial charge in [0.05, 0.1) is 39.8 Å². The Kier molecular flexibility index (Phi) is 5.56. The summed E-state index contributed by atoms with van der Waals surface area (Å²) in [5, 5.41) is 17.7. The minimum atomic E-state index is -3.47. The first kappa shape index (κ1) is 22.0. The first-order valence-corrected chi connectivity index (χ1v) is 11.8. The van der Waals surface area contributed by atoms with Crippen molar-refractivity contribution in [2.75, 3.05) is 18.5 Å². The molecule has 10 heteroatoms. The van der Waals surface area contributed by atoms with Crippen molar-refractivity contribution in [3.63, 3.8) is 0 Å². The molecule has 2 aromatic heterocycles. The third-order valence-electron chi connectivity index (χ3n) is 5.67. The van der Waals surface area contributed by atoms with Crippen molar-refractivity contribution in [3.05, 3.63) is 46.9 Å². The molecule has 1 aromatic carbocycles. The Morgan fingerprint density at radius 1 is 1.25 bits per heavy atom. The molecule has 1 fully saturated rings. The van der Waals surface area contributed by atoms with Crippen LogP contribution in [0.3, 0.4) is 0 Å². The van der Waals surface area contributed by atoms with Crippen molar-refractivity contribution in [2.45, 2.75) is 42.9 Å². The van der Waals surface area contributed by atoms with Gasteiger partial charge in [0, 0.05) is 18.5 Å². The fourth-order valence-electron chi connectivity index (χ4n) is 3.76. The summed E-state index contributed by atoms with van der Waals surface area (Å²) < 4.78 is 31.7. The highest BCUT2D eigenvalue weighted by atomic mass is 32.2. The number of benzene rings is 1. The maximum atomic E-state index is 12.7. The molecule has 4 rings (SSSR count). The lowest BCUT2D eigenvalue weighted by atomic mass is 9.96. The number of H-pyrrole nitrogens is 1. The van der Waals surface area contributed by atoms with E-state index in [2.05, 4.69) is 21.5 Å². The summed E-state index contributed by atoms with van der Waals surface area (Å²) in [5.41, 5.74) is 0.872. The summed E-state index contributed by atoms with van der Waals surface area (Å²) >= 11 is 0. The number of aromatic amines is 1. The quantitative estimate of drug-likeness (QED) is 0.618. The smallest absolute Gasteiger partial charge is 0.261 e. The van der Waals surface area contributed by atoms with Crippen LogP contribution in [-0.4, -0.2) is 41.1 Å². The molecule has 0 aliphatic carbocycles. The minimum Gasteiger partial charge on any atom is -0.379 e. The first-order valence-electron chi connectivity index (χ1n) is 10.3. The molecular weight excluding hydrogens is 430 g/mol. The van der Waals surface area contributed by atoms with E-state index in [0.717, 1.165) is 0 Å². The lowest BCUT2D eigenvalue weighted by Gasteiger charge is -2.27. The summed E-state index contributed by atoms with van der Waals surface area (Å²) in [5.74, 6) is 0.0522. The highest BCUT2D eigenvalue weighted by molar-refractivity contribution is 7.92. The number of nitrogens with one attached hydrogen (secondary N) is 2.